The first-order chi connectivity index (χ1) is 8.63. The molecule has 0 bridgehead atoms. The van der Waals surface area contributed by atoms with Crippen molar-refractivity contribution < 1.29 is 0 Å². The molecule has 0 aliphatic heterocycles. The van der Waals surface area contributed by atoms with Crippen LogP contribution in [-0.4, -0.2) is 19.5 Å². The highest BCUT2D eigenvalue weighted by atomic mass is 32.1. The molecule has 4 nitrogen and oxygen atoms in total. The van der Waals surface area contributed by atoms with Gasteiger partial charge in [-0.25, -0.2) is 9.97 Å². The van der Waals surface area contributed by atoms with E-state index >= 15 is 0 Å². The van der Waals surface area contributed by atoms with Crippen molar-refractivity contribution >= 4 is 34.7 Å². The quantitative estimate of drug-likeness (QED) is 0.731. The number of imidazole rings is 1. The van der Waals surface area contributed by atoms with Crippen molar-refractivity contribution in [3.63, 3.8) is 0 Å². The molecule has 0 aliphatic carbocycles. The lowest BCUT2D eigenvalue weighted by molar-refractivity contribution is 0.811. The van der Waals surface area contributed by atoms with Crippen LogP contribution in [0.25, 0.3) is 11.2 Å². The third kappa shape index (κ3) is 1.97. The number of hydrogen-bond acceptors (Lipinski definition) is 4. The first-order valence-electron chi connectivity index (χ1n) is 5.60. The van der Waals surface area contributed by atoms with E-state index in [1.807, 2.05) is 30.8 Å². The molecule has 0 aliphatic rings. The molecule has 3 rings (SSSR count). The van der Waals surface area contributed by atoms with Crippen LogP contribution in [-0.2, 0) is 6.54 Å². The number of H-pyrrole nitrogens is 1. The minimum atomic E-state index is 0.703. The average molecular weight is 276 g/mol. The van der Waals surface area contributed by atoms with E-state index in [4.69, 9.17) is 12.2 Å². The SMILES string of the molecule is Cc1cnc2c(c1)[nH]c(=S)n2Cc1cnc(C)s1. The number of hydrogen-bond donors (Lipinski definition) is 1. The topological polar surface area (TPSA) is 46.5 Å². The second kappa shape index (κ2) is 4.29. The van der Waals surface area contributed by atoms with Crippen LogP contribution < -0.4 is 0 Å². The fourth-order valence-corrected chi connectivity index (χ4v) is 2.97. The van der Waals surface area contributed by atoms with Gasteiger partial charge in [-0.15, -0.1) is 11.3 Å². The highest BCUT2D eigenvalue weighted by molar-refractivity contribution is 7.71. The minimum absolute atomic E-state index is 0.703. The smallest absolute Gasteiger partial charge is 0.179 e. The number of pyridine rings is 1. The van der Waals surface area contributed by atoms with E-state index in [2.05, 4.69) is 21.0 Å². The van der Waals surface area contributed by atoms with Crippen LogP contribution in [0.5, 0.6) is 0 Å². The fourth-order valence-electron chi connectivity index (χ4n) is 1.93. The summed E-state index contributed by atoms with van der Waals surface area (Å²) in [6.45, 7) is 4.75. The molecular weight excluding hydrogens is 264 g/mol. The summed E-state index contributed by atoms with van der Waals surface area (Å²) < 4.78 is 2.71. The number of fused-ring (bicyclic) bond motifs is 1. The first kappa shape index (κ1) is 11.6. The number of aromatic nitrogens is 4. The molecule has 3 aromatic heterocycles. The Bertz CT molecular complexity index is 766. The lowest BCUT2D eigenvalue weighted by Crippen LogP contribution is -1.99. The summed E-state index contributed by atoms with van der Waals surface area (Å²) in [7, 11) is 0. The molecule has 0 saturated heterocycles. The van der Waals surface area contributed by atoms with Gasteiger partial charge in [-0.1, -0.05) is 0 Å². The molecule has 3 heterocycles. The molecule has 0 atom stereocenters. The Morgan fingerprint density at radius 3 is 2.89 bits per heavy atom. The van der Waals surface area contributed by atoms with E-state index in [1.54, 1.807) is 11.3 Å². The van der Waals surface area contributed by atoms with Crippen molar-refractivity contribution in [3.8, 4) is 0 Å². The van der Waals surface area contributed by atoms with Crippen LogP contribution in [0.3, 0.4) is 0 Å². The van der Waals surface area contributed by atoms with Crippen molar-refractivity contribution in [2.75, 3.05) is 0 Å². The molecule has 18 heavy (non-hydrogen) atoms. The molecule has 6 heteroatoms. The maximum absolute atomic E-state index is 5.35. The van der Waals surface area contributed by atoms with Crippen LogP contribution in [0.1, 0.15) is 15.4 Å². The Balaban J connectivity index is 2.11. The highest BCUT2D eigenvalue weighted by Gasteiger charge is 2.08. The largest absolute Gasteiger partial charge is 0.329 e. The molecule has 0 aromatic carbocycles. The predicted octanol–water partition coefficient (Wildman–Crippen LogP) is 3.22. The number of aryl methyl sites for hydroxylation is 2. The molecule has 0 radical (unpaired) electrons. The molecular formula is C12H12N4S2. The summed E-state index contributed by atoms with van der Waals surface area (Å²) in [5.74, 6) is 0. The van der Waals surface area contributed by atoms with Crippen LogP contribution >= 0.6 is 23.6 Å². The van der Waals surface area contributed by atoms with Crippen LogP contribution in [0.2, 0.25) is 0 Å². The van der Waals surface area contributed by atoms with E-state index in [0.717, 1.165) is 28.3 Å². The van der Waals surface area contributed by atoms with Gasteiger partial charge in [0.1, 0.15) is 0 Å². The second-order valence-corrected chi connectivity index (χ2v) is 5.95. The Hall–Kier alpha value is -1.53. The third-order valence-corrected chi connectivity index (χ3v) is 3.95. The lowest BCUT2D eigenvalue weighted by Gasteiger charge is -2.01. The Morgan fingerprint density at radius 2 is 2.17 bits per heavy atom. The summed E-state index contributed by atoms with van der Waals surface area (Å²) in [5, 5.41) is 1.07. The summed E-state index contributed by atoms with van der Waals surface area (Å²) in [4.78, 5) is 13.1. The van der Waals surface area contributed by atoms with Gasteiger partial charge in [0.15, 0.2) is 10.4 Å². The normalized spacial score (nSPS) is 11.2. The Labute approximate surface area is 113 Å². The van der Waals surface area contributed by atoms with E-state index in [1.165, 1.54) is 4.88 Å². The molecule has 0 unspecified atom stereocenters. The van der Waals surface area contributed by atoms with Crippen molar-refractivity contribution in [1.29, 1.82) is 0 Å². The molecule has 1 N–H and O–H groups in total. The van der Waals surface area contributed by atoms with Crippen molar-refractivity contribution in [1.82, 2.24) is 19.5 Å². The number of nitrogens with one attached hydrogen (secondary N) is 1. The van der Waals surface area contributed by atoms with Crippen LogP contribution in [0, 0.1) is 18.6 Å². The zero-order valence-corrected chi connectivity index (χ0v) is 11.7. The van der Waals surface area contributed by atoms with Gasteiger partial charge in [0.05, 0.1) is 17.1 Å². The third-order valence-electron chi connectivity index (χ3n) is 2.73. The van der Waals surface area contributed by atoms with Gasteiger partial charge in [-0.05, 0) is 37.7 Å². The molecule has 0 spiro atoms. The van der Waals surface area contributed by atoms with E-state index < -0.39 is 0 Å². The molecule has 0 saturated carbocycles. The standard InChI is InChI=1S/C12H12N4S2/c1-7-3-10-11(14-4-7)16(12(17)15-10)6-9-5-13-8(2)18-9/h3-5H,6H2,1-2H3,(H,15,17). The van der Waals surface area contributed by atoms with Gasteiger partial charge in [-0.2, -0.15) is 0 Å². The van der Waals surface area contributed by atoms with Gasteiger partial charge in [0, 0.05) is 17.3 Å². The molecule has 0 amide bonds. The lowest BCUT2D eigenvalue weighted by atomic mass is 10.3. The summed E-state index contributed by atoms with van der Waals surface area (Å²) in [6.07, 6.45) is 3.76. The van der Waals surface area contributed by atoms with Crippen molar-refractivity contribution in [3.05, 3.63) is 38.7 Å². The van der Waals surface area contributed by atoms with Crippen molar-refractivity contribution in [2.45, 2.75) is 20.4 Å². The zero-order valence-electron chi connectivity index (χ0n) is 10.1. The zero-order chi connectivity index (χ0) is 12.7. The monoisotopic (exact) mass is 276 g/mol. The average Bonchev–Trinajstić information content (AvgIpc) is 2.84. The van der Waals surface area contributed by atoms with Gasteiger partial charge >= 0.3 is 0 Å². The van der Waals surface area contributed by atoms with Gasteiger partial charge < -0.3 is 4.98 Å². The van der Waals surface area contributed by atoms with Crippen molar-refractivity contribution in [2.24, 2.45) is 0 Å². The highest BCUT2D eigenvalue weighted by Crippen LogP contribution is 2.18. The van der Waals surface area contributed by atoms with Gasteiger partial charge in [0.25, 0.3) is 0 Å². The minimum Gasteiger partial charge on any atom is -0.329 e. The number of aromatic amines is 1. The number of thiazole rings is 1. The Morgan fingerprint density at radius 1 is 1.33 bits per heavy atom. The van der Waals surface area contributed by atoms with E-state index in [0.29, 0.717) is 4.77 Å². The first-order valence-corrected chi connectivity index (χ1v) is 6.82. The van der Waals surface area contributed by atoms with Crippen LogP contribution in [0.15, 0.2) is 18.5 Å². The van der Waals surface area contributed by atoms with E-state index in [9.17, 15) is 0 Å². The van der Waals surface area contributed by atoms with Crippen LogP contribution in [0.4, 0.5) is 0 Å². The summed E-state index contributed by atoms with van der Waals surface area (Å²) >= 11 is 7.04. The van der Waals surface area contributed by atoms with Gasteiger partial charge in [-0.3, -0.25) is 4.57 Å². The summed E-state index contributed by atoms with van der Waals surface area (Å²) in [6, 6.07) is 2.06. The molecule has 3 aromatic rings. The number of rotatable bonds is 2. The van der Waals surface area contributed by atoms with Gasteiger partial charge in [0.2, 0.25) is 0 Å². The maximum Gasteiger partial charge on any atom is 0.179 e. The van der Waals surface area contributed by atoms with E-state index in [-0.39, 0.29) is 0 Å². The molecule has 92 valence electrons. The summed E-state index contributed by atoms with van der Waals surface area (Å²) in [5.41, 5.74) is 3.01. The number of nitrogens with zero attached hydrogens (tertiary/aromatic N) is 3. The maximum atomic E-state index is 5.35. The fraction of sp³-hybridized carbons (Fsp3) is 0.250. The second-order valence-electron chi connectivity index (χ2n) is 4.25. The predicted molar refractivity (Wildman–Crippen MR) is 75.6 cm³/mol. The Kier molecular flexibility index (Phi) is 2.76. The molecule has 0 fully saturated rings.